The highest BCUT2D eigenvalue weighted by Crippen LogP contribution is 2.40. The van der Waals surface area contributed by atoms with Crippen LogP contribution in [-0.4, -0.2) is 72.2 Å². The molecule has 10 atom stereocenters. The normalized spacial score (nSPS) is 37.9. The second-order valence-corrected chi connectivity index (χ2v) is 13.1. The van der Waals surface area contributed by atoms with Gasteiger partial charge in [0.15, 0.2) is 5.79 Å². The molecule has 2 heterocycles. The number of aliphatic hydroxyl groups is 2. The molecular formula is C35H54O9. The lowest BCUT2D eigenvalue weighted by Gasteiger charge is -2.47. The van der Waals surface area contributed by atoms with Crippen LogP contribution in [0, 0.1) is 35.5 Å². The van der Waals surface area contributed by atoms with E-state index in [9.17, 15) is 24.6 Å². The predicted octanol–water partition coefficient (Wildman–Crippen LogP) is 5.11. The minimum atomic E-state index is -1.91. The third-order valence-corrected chi connectivity index (χ3v) is 9.08. The first-order chi connectivity index (χ1) is 20.5. The van der Waals surface area contributed by atoms with E-state index in [0.717, 1.165) is 5.57 Å². The molecule has 0 aromatic rings. The molecule has 2 aliphatic rings. The number of methoxy groups -OCH3 is 2. The number of ketones is 2. The summed E-state index contributed by atoms with van der Waals surface area (Å²) < 4.78 is 23.2. The smallest absolute Gasteiger partial charge is 0.373 e. The number of cyclic esters (lactones) is 1. The van der Waals surface area contributed by atoms with Gasteiger partial charge in [-0.3, -0.25) is 9.59 Å². The van der Waals surface area contributed by atoms with Gasteiger partial charge in [-0.05, 0) is 32.3 Å². The van der Waals surface area contributed by atoms with Crippen molar-refractivity contribution in [3.05, 3.63) is 47.3 Å². The first kappa shape index (κ1) is 37.6. The van der Waals surface area contributed by atoms with Gasteiger partial charge in [-0.2, -0.15) is 0 Å². The molecule has 248 valence electrons. The van der Waals surface area contributed by atoms with Gasteiger partial charge < -0.3 is 29.2 Å². The fourth-order valence-corrected chi connectivity index (χ4v) is 6.21. The molecule has 9 heteroatoms. The third kappa shape index (κ3) is 9.22. The summed E-state index contributed by atoms with van der Waals surface area (Å²) in [4.78, 5) is 39.3. The van der Waals surface area contributed by atoms with Crippen molar-refractivity contribution in [1.29, 1.82) is 0 Å². The summed E-state index contributed by atoms with van der Waals surface area (Å²) >= 11 is 0. The Kier molecular flexibility index (Phi) is 13.8. The molecule has 1 fully saturated rings. The maximum absolute atomic E-state index is 13.5. The van der Waals surface area contributed by atoms with E-state index in [1.807, 2.05) is 40.7 Å². The molecule has 0 spiro atoms. The van der Waals surface area contributed by atoms with E-state index >= 15 is 0 Å². The Balaban J connectivity index is 2.53. The zero-order valence-electron chi connectivity index (χ0n) is 28.3. The number of ether oxygens (including phenoxy) is 4. The Morgan fingerprint density at radius 1 is 1.02 bits per heavy atom. The zero-order chi connectivity index (χ0) is 33.5. The average molecular weight is 619 g/mol. The van der Waals surface area contributed by atoms with Crippen molar-refractivity contribution < 1.29 is 43.5 Å². The van der Waals surface area contributed by atoms with E-state index in [1.165, 1.54) is 20.3 Å². The SMILES string of the molecule is CO/C1=C/C(C)=C/C(C)C(=O)C(C)C/C(C)=C/C=C\C(OC)C(C(C)C(O)C(C)C2(O)CC(=O)C(C)C(C(C)C)O2)OC1=O. The van der Waals surface area contributed by atoms with Gasteiger partial charge in [0, 0.05) is 36.7 Å². The highest BCUT2D eigenvalue weighted by Gasteiger charge is 2.51. The van der Waals surface area contributed by atoms with Crippen molar-refractivity contribution in [3.8, 4) is 0 Å². The Hall–Kier alpha value is -2.59. The van der Waals surface area contributed by atoms with Gasteiger partial charge in [-0.1, -0.05) is 83.9 Å². The third-order valence-electron chi connectivity index (χ3n) is 9.08. The minimum absolute atomic E-state index is 0.0306. The summed E-state index contributed by atoms with van der Waals surface area (Å²) in [6.45, 7) is 16.4. The lowest BCUT2D eigenvalue weighted by molar-refractivity contribution is -0.300. The van der Waals surface area contributed by atoms with Crippen molar-refractivity contribution in [2.75, 3.05) is 14.2 Å². The summed E-state index contributed by atoms with van der Waals surface area (Å²) in [6.07, 6.45) is 5.43. The van der Waals surface area contributed by atoms with Crippen LogP contribution in [-0.2, 0) is 33.3 Å². The average Bonchev–Trinajstić information content (AvgIpc) is 2.96. The molecule has 2 aliphatic heterocycles. The van der Waals surface area contributed by atoms with Gasteiger partial charge in [0.25, 0.3) is 0 Å². The van der Waals surface area contributed by atoms with Crippen molar-refractivity contribution >= 4 is 17.5 Å². The van der Waals surface area contributed by atoms with Crippen LogP contribution >= 0.6 is 0 Å². The number of carbonyl (C=O) groups excluding carboxylic acids is 3. The van der Waals surface area contributed by atoms with E-state index in [0.29, 0.717) is 12.0 Å². The Morgan fingerprint density at radius 3 is 2.23 bits per heavy atom. The number of aliphatic hydroxyl groups excluding tert-OH is 1. The number of hydrogen-bond donors (Lipinski definition) is 2. The topological polar surface area (TPSA) is 129 Å². The summed E-state index contributed by atoms with van der Waals surface area (Å²) in [5.74, 6) is -5.49. The highest BCUT2D eigenvalue weighted by atomic mass is 16.6. The second kappa shape index (κ2) is 16.1. The summed E-state index contributed by atoms with van der Waals surface area (Å²) in [5.41, 5.74) is 1.65. The molecule has 0 aromatic heterocycles. The summed E-state index contributed by atoms with van der Waals surface area (Å²) in [6, 6.07) is 0. The molecule has 10 unspecified atom stereocenters. The van der Waals surface area contributed by atoms with Crippen LogP contribution in [0.25, 0.3) is 0 Å². The molecule has 0 saturated carbocycles. The molecule has 2 N–H and O–H groups in total. The van der Waals surface area contributed by atoms with Crippen molar-refractivity contribution in [2.24, 2.45) is 35.5 Å². The number of carbonyl (C=O) groups is 3. The van der Waals surface area contributed by atoms with Gasteiger partial charge in [-0.15, -0.1) is 0 Å². The molecule has 0 amide bonds. The highest BCUT2D eigenvalue weighted by molar-refractivity contribution is 5.87. The first-order valence-electron chi connectivity index (χ1n) is 15.6. The van der Waals surface area contributed by atoms with Crippen molar-refractivity contribution in [1.82, 2.24) is 0 Å². The zero-order valence-corrected chi connectivity index (χ0v) is 28.3. The van der Waals surface area contributed by atoms with Crippen LogP contribution in [0.4, 0.5) is 0 Å². The van der Waals surface area contributed by atoms with E-state index in [1.54, 1.807) is 45.9 Å². The molecule has 0 radical (unpaired) electrons. The van der Waals surface area contributed by atoms with Gasteiger partial charge in [-0.25, -0.2) is 4.79 Å². The lowest BCUT2D eigenvalue weighted by atomic mass is 9.77. The Bertz CT molecular complexity index is 1150. The molecule has 0 bridgehead atoms. The van der Waals surface area contributed by atoms with E-state index in [-0.39, 0.29) is 47.4 Å². The molecule has 2 rings (SSSR count). The van der Waals surface area contributed by atoms with E-state index in [2.05, 4.69) is 0 Å². The second-order valence-electron chi connectivity index (χ2n) is 13.1. The van der Waals surface area contributed by atoms with Crippen molar-refractivity contribution in [3.63, 3.8) is 0 Å². The van der Waals surface area contributed by atoms with Crippen LogP contribution in [0.3, 0.4) is 0 Å². The quantitative estimate of drug-likeness (QED) is 0.374. The molecule has 0 aromatic carbocycles. The summed E-state index contributed by atoms with van der Waals surface area (Å²) in [5, 5.41) is 23.2. The number of esters is 1. The van der Waals surface area contributed by atoms with Gasteiger partial charge in [0.1, 0.15) is 23.8 Å². The lowest BCUT2D eigenvalue weighted by Crippen LogP contribution is -2.58. The van der Waals surface area contributed by atoms with E-state index < -0.39 is 48.0 Å². The molecule has 44 heavy (non-hydrogen) atoms. The van der Waals surface area contributed by atoms with Crippen LogP contribution in [0.15, 0.2) is 47.3 Å². The maximum Gasteiger partial charge on any atom is 0.373 e. The van der Waals surface area contributed by atoms with Crippen LogP contribution in [0.5, 0.6) is 0 Å². The maximum atomic E-state index is 13.5. The predicted molar refractivity (Wildman–Crippen MR) is 168 cm³/mol. The Morgan fingerprint density at radius 2 is 1.66 bits per heavy atom. The van der Waals surface area contributed by atoms with Crippen LogP contribution in [0.1, 0.15) is 75.2 Å². The van der Waals surface area contributed by atoms with Crippen molar-refractivity contribution in [2.45, 2.75) is 105 Å². The van der Waals surface area contributed by atoms with E-state index in [4.69, 9.17) is 18.9 Å². The van der Waals surface area contributed by atoms with Crippen LogP contribution in [0.2, 0.25) is 0 Å². The van der Waals surface area contributed by atoms with Gasteiger partial charge in [0.2, 0.25) is 5.76 Å². The monoisotopic (exact) mass is 618 g/mol. The van der Waals surface area contributed by atoms with Gasteiger partial charge >= 0.3 is 5.97 Å². The molecule has 0 aliphatic carbocycles. The fourth-order valence-electron chi connectivity index (χ4n) is 6.21. The van der Waals surface area contributed by atoms with Crippen LogP contribution < -0.4 is 0 Å². The number of allylic oxidation sites excluding steroid dienone is 6. The minimum Gasteiger partial charge on any atom is -0.490 e. The fraction of sp³-hybridized carbons (Fsp3) is 0.686. The number of rotatable bonds is 7. The molecular weight excluding hydrogens is 564 g/mol. The summed E-state index contributed by atoms with van der Waals surface area (Å²) in [7, 11) is 2.82. The number of hydrogen-bond acceptors (Lipinski definition) is 9. The molecule has 1 saturated heterocycles. The van der Waals surface area contributed by atoms with Gasteiger partial charge in [0.05, 0.1) is 25.7 Å². The largest absolute Gasteiger partial charge is 0.490 e. The standard InChI is InChI=1S/C35H54O9/c1-19(2)32-24(7)27(36)18-35(40,44-32)26(9)31(38)25(8)33-28(41-10)14-12-13-20(3)15-22(5)30(37)23(6)16-21(4)17-29(42-11)34(39)43-33/h12-14,16-17,19,22-26,28,31-33,38,40H,15,18H2,1-11H3/b14-12-,20-13+,21-16+,29-17+. The first-order valence-corrected chi connectivity index (χ1v) is 15.6. The Labute approximate surface area is 263 Å². The molecule has 9 nitrogen and oxygen atoms in total. The number of Topliss-reactive ketones (excluding diaryl/α,β-unsaturated/α-hetero) is 2.